The highest BCUT2D eigenvalue weighted by atomic mass is 16.3. The molecule has 0 aliphatic rings. The fraction of sp³-hybridized carbons (Fsp3) is 0.188. The zero-order chi connectivity index (χ0) is 13.7. The van der Waals surface area contributed by atoms with Crippen LogP contribution >= 0.6 is 0 Å². The molecule has 2 rings (SSSR count). The van der Waals surface area contributed by atoms with Gasteiger partial charge in [0.25, 0.3) is 0 Å². The standard InChI is InChI=1S/C16H16N2O/c1-18(11-13-5-7-16(19)8-6-13)12-15-4-2-3-14(9-15)10-17/h2-9,19H,11-12H2,1H3. The van der Waals surface area contributed by atoms with E-state index in [2.05, 4.69) is 11.0 Å². The van der Waals surface area contributed by atoms with E-state index in [1.807, 2.05) is 43.4 Å². The maximum atomic E-state index is 9.24. The summed E-state index contributed by atoms with van der Waals surface area (Å²) in [6, 6.07) is 17.0. The highest BCUT2D eigenvalue weighted by molar-refractivity contribution is 5.32. The number of nitriles is 1. The quantitative estimate of drug-likeness (QED) is 0.910. The van der Waals surface area contributed by atoms with Crippen LogP contribution in [0.4, 0.5) is 0 Å². The number of rotatable bonds is 4. The number of phenolic OH excluding ortho intramolecular Hbond substituents is 1. The maximum Gasteiger partial charge on any atom is 0.115 e. The van der Waals surface area contributed by atoms with Crippen LogP contribution in [-0.2, 0) is 13.1 Å². The second kappa shape index (κ2) is 6.03. The summed E-state index contributed by atoms with van der Waals surface area (Å²) in [6.07, 6.45) is 0. The van der Waals surface area contributed by atoms with Gasteiger partial charge in [-0.2, -0.15) is 5.26 Å². The lowest BCUT2D eigenvalue weighted by atomic mass is 10.1. The third-order valence-electron chi connectivity index (χ3n) is 2.90. The Morgan fingerprint density at radius 3 is 2.42 bits per heavy atom. The van der Waals surface area contributed by atoms with E-state index >= 15 is 0 Å². The van der Waals surface area contributed by atoms with Crippen LogP contribution in [-0.4, -0.2) is 17.1 Å². The van der Waals surface area contributed by atoms with E-state index < -0.39 is 0 Å². The zero-order valence-corrected chi connectivity index (χ0v) is 10.9. The summed E-state index contributed by atoms with van der Waals surface area (Å²) in [6.45, 7) is 1.59. The molecule has 1 N–H and O–H groups in total. The second-order valence-corrected chi connectivity index (χ2v) is 4.65. The van der Waals surface area contributed by atoms with Crippen molar-refractivity contribution in [1.82, 2.24) is 4.90 Å². The minimum atomic E-state index is 0.285. The summed E-state index contributed by atoms with van der Waals surface area (Å²) >= 11 is 0. The monoisotopic (exact) mass is 252 g/mol. The smallest absolute Gasteiger partial charge is 0.115 e. The van der Waals surface area contributed by atoms with E-state index in [1.54, 1.807) is 12.1 Å². The van der Waals surface area contributed by atoms with Crippen LogP contribution in [0, 0.1) is 11.3 Å². The Balaban J connectivity index is 1.99. The topological polar surface area (TPSA) is 47.3 Å². The van der Waals surface area contributed by atoms with Gasteiger partial charge in [0.15, 0.2) is 0 Å². The molecule has 3 heteroatoms. The second-order valence-electron chi connectivity index (χ2n) is 4.65. The van der Waals surface area contributed by atoms with Gasteiger partial charge >= 0.3 is 0 Å². The Hall–Kier alpha value is -2.31. The number of aromatic hydroxyl groups is 1. The van der Waals surface area contributed by atoms with Gasteiger partial charge in [-0.3, -0.25) is 4.90 Å². The maximum absolute atomic E-state index is 9.24. The number of nitrogens with zero attached hydrogens (tertiary/aromatic N) is 2. The van der Waals surface area contributed by atoms with E-state index in [0.717, 1.165) is 24.2 Å². The molecule has 0 aromatic heterocycles. The molecular formula is C16H16N2O. The minimum absolute atomic E-state index is 0.285. The highest BCUT2D eigenvalue weighted by Gasteiger charge is 2.03. The molecule has 0 bridgehead atoms. The largest absolute Gasteiger partial charge is 0.508 e. The van der Waals surface area contributed by atoms with Crippen molar-refractivity contribution in [3.63, 3.8) is 0 Å². The van der Waals surface area contributed by atoms with Crippen molar-refractivity contribution in [3.8, 4) is 11.8 Å². The summed E-state index contributed by atoms with van der Waals surface area (Å²) in [5.41, 5.74) is 2.97. The summed E-state index contributed by atoms with van der Waals surface area (Å²) in [5, 5.41) is 18.1. The van der Waals surface area contributed by atoms with Gasteiger partial charge in [-0.25, -0.2) is 0 Å². The van der Waals surface area contributed by atoms with Gasteiger partial charge in [0, 0.05) is 13.1 Å². The Morgan fingerprint density at radius 1 is 1.05 bits per heavy atom. The predicted molar refractivity (Wildman–Crippen MR) is 74.4 cm³/mol. The van der Waals surface area contributed by atoms with Crippen LogP contribution in [0.25, 0.3) is 0 Å². The third kappa shape index (κ3) is 3.84. The molecule has 0 unspecified atom stereocenters. The molecular weight excluding hydrogens is 236 g/mol. The SMILES string of the molecule is CN(Cc1ccc(O)cc1)Cc1cccc(C#N)c1. The van der Waals surface area contributed by atoms with E-state index in [9.17, 15) is 5.11 Å². The average Bonchev–Trinajstić information content (AvgIpc) is 2.41. The molecule has 0 saturated carbocycles. The van der Waals surface area contributed by atoms with Crippen molar-refractivity contribution in [3.05, 3.63) is 65.2 Å². The summed E-state index contributed by atoms with van der Waals surface area (Å²) < 4.78 is 0. The highest BCUT2D eigenvalue weighted by Crippen LogP contribution is 2.13. The molecule has 2 aromatic carbocycles. The van der Waals surface area contributed by atoms with Crippen LogP contribution in [0.5, 0.6) is 5.75 Å². The van der Waals surface area contributed by atoms with E-state index in [4.69, 9.17) is 5.26 Å². The zero-order valence-electron chi connectivity index (χ0n) is 10.9. The lowest BCUT2D eigenvalue weighted by molar-refractivity contribution is 0.319. The Kier molecular flexibility index (Phi) is 4.17. The van der Waals surface area contributed by atoms with Crippen molar-refractivity contribution in [2.45, 2.75) is 13.1 Å². The normalized spacial score (nSPS) is 10.4. The van der Waals surface area contributed by atoms with Gasteiger partial charge in [-0.05, 0) is 42.4 Å². The fourth-order valence-corrected chi connectivity index (χ4v) is 2.02. The molecule has 0 aliphatic heterocycles. The Morgan fingerprint density at radius 2 is 1.74 bits per heavy atom. The molecule has 0 radical (unpaired) electrons. The number of benzene rings is 2. The van der Waals surface area contributed by atoms with Gasteiger partial charge in [-0.15, -0.1) is 0 Å². The number of hydrogen-bond acceptors (Lipinski definition) is 3. The summed E-state index contributed by atoms with van der Waals surface area (Å²) in [7, 11) is 2.03. The van der Waals surface area contributed by atoms with Crippen molar-refractivity contribution >= 4 is 0 Å². The molecule has 3 nitrogen and oxygen atoms in total. The van der Waals surface area contributed by atoms with Crippen molar-refractivity contribution < 1.29 is 5.11 Å². The van der Waals surface area contributed by atoms with Crippen LogP contribution in [0.15, 0.2) is 48.5 Å². The first kappa shape index (κ1) is 13.1. The lowest BCUT2D eigenvalue weighted by Crippen LogP contribution is -2.17. The van der Waals surface area contributed by atoms with E-state index in [-0.39, 0.29) is 5.75 Å². The Bertz CT molecular complexity index is 584. The molecule has 0 fully saturated rings. The first-order valence-corrected chi connectivity index (χ1v) is 6.13. The molecule has 0 spiro atoms. The van der Waals surface area contributed by atoms with Crippen molar-refractivity contribution in [1.29, 1.82) is 5.26 Å². The van der Waals surface area contributed by atoms with Gasteiger partial charge < -0.3 is 5.11 Å². The van der Waals surface area contributed by atoms with E-state index in [0.29, 0.717) is 5.56 Å². The van der Waals surface area contributed by atoms with Gasteiger partial charge in [0.2, 0.25) is 0 Å². The molecule has 96 valence electrons. The lowest BCUT2D eigenvalue weighted by Gasteiger charge is -2.17. The molecule has 0 saturated heterocycles. The van der Waals surface area contributed by atoms with Crippen molar-refractivity contribution in [2.75, 3.05) is 7.05 Å². The minimum Gasteiger partial charge on any atom is -0.508 e. The van der Waals surface area contributed by atoms with Crippen LogP contribution in [0.1, 0.15) is 16.7 Å². The summed E-state index contributed by atoms with van der Waals surface area (Å²) in [5.74, 6) is 0.285. The first-order valence-electron chi connectivity index (χ1n) is 6.13. The molecule has 0 amide bonds. The average molecular weight is 252 g/mol. The number of phenols is 1. The van der Waals surface area contributed by atoms with Gasteiger partial charge in [0.1, 0.15) is 5.75 Å². The number of hydrogen-bond donors (Lipinski definition) is 1. The first-order chi connectivity index (χ1) is 9.17. The molecule has 2 aromatic rings. The third-order valence-corrected chi connectivity index (χ3v) is 2.90. The molecule has 0 atom stereocenters. The Labute approximate surface area is 113 Å². The van der Waals surface area contributed by atoms with Crippen molar-refractivity contribution in [2.24, 2.45) is 0 Å². The van der Waals surface area contributed by atoms with Crippen LogP contribution < -0.4 is 0 Å². The molecule has 0 heterocycles. The van der Waals surface area contributed by atoms with Gasteiger partial charge in [0.05, 0.1) is 11.6 Å². The van der Waals surface area contributed by atoms with Crippen LogP contribution in [0.3, 0.4) is 0 Å². The van der Waals surface area contributed by atoms with Gasteiger partial charge in [-0.1, -0.05) is 24.3 Å². The predicted octanol–water partition coefficient (Wildman–Crippen LogP) is 2.90. The summed E-state index contributed by atoms with van der Waals surface area (Å²) in [4.78, 5) is 2.17. The van der Waals surface area contributed by atoms with E-state index in [1.165, 1.54) is 0 Å². The molecule has 0 aliphatic carbocycles. The van der Waals surface area contributed by atoms with Crippen LogP contribution in [0.2, 0.25) is 0 Å². The molecule has 19 heavy (non-hydrogen) atoms. The fourth-order valence-electron chi connectivity index (χ4n) is 2.02.